The van der Waals surface area contributed by atoms with E-state index in [1.165, 1.54) is 4.68 Å². The number of benzene rings is 2. The van der Waals surface area contributed by atoms with Crippen molar-refractivity contribution in [1.29, 1.82) is 0 Å². The van der Waals surface area contributed by atoms with Crippen molar-refractivity contribution in [1.82, 2.24) is 9.66 Å². The summed E-state index contributed by atoms with van der Waals surface area (Å²) in [6.45, 7) is 2.32. The highest BCUT2D eigenvalue weighted by atomic mass is 79.9. The van der Waals surface area contributed by atoms with E-state index in [-0.39, 0.29) is 0 Å². The van der Waals surface area contributed by atoms with Gasteiger partial charge >= 0.3 is 0 Å². The van der Waals surface area contributed by atoms with Crippen LogP contribution in [0.2, 0.25) is 0 Å². The van der Waals surface area contributed by atoms with Crippen LogP contribution in [0.25, 0.3) is 0 Å². The maximum atomic E-state index is 5.87. The predicted octanol–water partition coefficient (Wildman–Crippen LogP) is 4.01. The molecule has 0 aliphatic heterocycles. The van der Waals surface area contributed by atoms with Crippen molar-refractivity contribution in [2.45, 2.75) is 13.5 Å². The minimum atomic E-state index is 0.347. The highest BCUT2D eigenvalue weighted by Gasteiger charge is 2.06. The third-order valence-corrected chi connectivity index (χ3v) is 4.19. The second-order valence-corrected chi connectivity index (χ2v) is 6.57. The van der Waals surface area contributed by atoms with Gasteiger partial charge in [0.2, 0.25) is 5.95 Å². The number of ether oxygens (including phenoxy) is 2. The summed E-state index contributed by atoms with van der Waals surface area (Å²) in [6.07, 6.45) is 3.46. The third kappa shape index (κ3) is 4.43. The number of hydrogen-bond donors (Lipinski definition) is 1. The van der Waals surface area contributed by atoms with E-state index in [9.17, 15) is 0 Å². The Morgan fingerprint density at radius 1 is 1.19 bits per heavy atom. The lowest BCUT2D eigenvalue weighted by molar-refractivity contribution is 0.284. The van der Waals surface area contributed by atoms with Gasteiger partial charge in [0.1, 0.15) is 6.61 Å². The van der Waals surface area contributed by atoms with E-state index in [1.807, 2.05) is 49.4 Å². The molecule has 0 radical (unpaired) electrons. The summed E-state index contributed by atoms with van der Waals surface area (Å²) < 4.78 is 13.9. The molecular formula is C19H19BrN4O2. The molecule has 7 heteroatoms. The summed E-state index contributed by atoms with van der Waals surface area (Å²) in [5.41, 5.74) is 8.53. The Morgan fingerprint density at radius 3 is 2.62 bits per heavy atom. The van der Waals surface area contributed by atoms with Gasteiger partial charge in [0, 0.05) is 4.47 Å². The molecule has 2 aromatic carbocycles. The Bertz CT molecular complexity index is 920. The molecule has 3 aromatic rings. The fourth-order valence-corrected chi connectivity index (χ4v) is 2.62. The second kappa shape index (κ2) is 8.05. The smallest absolute Gasteiger partial charge is 0.221 e. The maximum Gasteiger partial charge on any atom is 0.221 e. The number of anilines is 1. The van der Waals surface area contributed by atoms with Gasteiger partial charge < -0.3 is 15.2 Å². The highest BCUT2D eigenvalue weighted by Crippen LogP contribution is 2.28. The van der Waals surface area contributed by atoms with Crippen LogP contribution < -0.4 is 15.2 Å². The molecule has 0 bridgehead atoms. The van der Waals surface area contributed by atoms with E-state index in [1.54, 1.807) is 19.5 Å². The molecule has 1 aromatic heterocycles. The molecule has 0 saturated heterocycles. The summed E-state index contributed by atoms with van der Waals surface area (Å²) in [6, 6.07) is 13.6. The van der Waals surface area contributed by atoms with Crippen LogP contribution in [0, 0.1) is 6.92 Å². The Labute approximate surface area is 160 Å². The number of aromatic nitrogens is 2. The van der Waals surface area contributed by atoms with E-state index >= 15 is 0 Å². The van der Waals surface area contributed by atoms with E-state index in [4.69, 9.17) is 15.2 Å². The van der Waals surface area contributed by atoms with Gasteiger partial charge in [0.05, 0.1) is 25.2 Å². The van der Waals surface area contributed by atoms with Gasteiger partial charge in [-0.25, -0.2) is 9.66 Å². The van der Waals surface area contributed by atoms with Crippen molar-refractivity contribution in [3.63, 3.8) is 0 Å². The molecule has 2 N–H and O–H groups in total. The van der Waals surface area contributed by atoms with Crippen LogP contribution in [0.1, 0.15) is 16.8 Å². The standard InChI is InChI=1S/C19H19BrN4O2/c1-13-11-24(19(21)23-13)22-10-15-5-8-17(18(9-15)25-2)26-12-14-3-6-16(20)7-4-14/h3-11H,12H2,1-2H3,(H2,21,23). The first-order valence-electron chi connectivity index (χ1n) is 7.96. The molecule has 0 aliphatic rings. The van der Waals surface area contributed by atoms with Crippen LogP contribution in [-0.4, -0.2) is 23.0 Å². The van der Waals surface area contributed by atoms with Crippen LogP contribution in [0.5, 0.6) is 11.5 Å². The second-order valence-electron chi connectivity index (χ2n) is 5.66. The Morgan fingerprint density at radius 2 is 1.96 bits per heavy atom. The van der Waals surface area contributed by atoms with Gasteiger partial charge in [-0.2, -0.15) is 5.10 Å². The molecule has 0 amide bonds. The van der Waals surface area contributed by atoms with Crippen LogP contribution >= 0.6 is 15.9 Å². The molecule has 0 fully saturated rings. The molecule has 26 heavy (non-hydrogen) atoms. The zero-order valence-corrected chi connectivity index (χ0v) is 16.1. The van der Waals surface area contributed by atoms with Gasteiger partial charge in [0.15, 0.2) is 11.5 Å². The van der Waals surface area contributed by atoms with Crippen molar-refractivity contribution in [3.05, 3.63) is 70.0 Å². The first kappa shape index (κ1) is 18.0. The lowest BCUT2D eigenvalue weighted by atomic mass is 10.2. The van der Waals surface area contributed by atoms with Crippen molar-refractivity contribution in [2.24, 2.45) is 5.10 Å². The molecule has 0 unspecified atom stereocenters. The fourth-order valence-electron chi connectivity index (χ4n) is 2.35. The van der Waals surface area contributed by atoms with Crippen molar-refractivity contribution in [3.8, 4) is 11.5 Å². The van der Waals surface area contributed by atoms with Crippen LogP contribution in [0.15, 0.2) is 58.2 Å². The van der Waals surface area contributed by atoms with Gasteiger partial charge in [-0.3, -0.25) is 0 Å². The average Bonchev–Trinajstić information content (AvgIpc) is 2.97. The molecule has 1 heterocycles. The lowest BCUT2D eigenvalue weighted by Gasteiger charge is -2.11. The normalized spacial score (nSPS) is 11.0. The molecule has 3 rings (SSSR count). The minimum Gasteiger partial charge on any atom is -0.493 e. The average molecular weight is 415 g/mol. The monoisotopic (exact) mass is 414 g/mol. The fraction of sp³-hybridized carbons (Fsp3) is 0.158. The Hall–Kier alpha value is -2.80. The molecule has 0 spiro atoms. The van der Waals surface area contributed by atoms with Crippen molar-refractivity contribution in [2.75, 3.05) is 12.8 Å². The number of methoxy groups -OCH3 is 1. The molecule has 0 aliphatic carbocycles. The van der Waals surface area contributed by atoms with Crippen LogP contribution in [-0.2, 0) is 6.61 Å². The highest BCUT2D eigenvalue weighted by molar-refractivity contribution is 9.10. The molecule has 6 nitrogen and oxygen atoms in total. The summed E-state index contributed by atoms with van der Waals surface area (Å²) in [5.74, 6) is 1.66. The lowest BCUT2D eigenvalue weighted by Crippen LogP contribution is -1.99. The topological polar surface area (TPSA) is 74.7 Å². The first-order chi connectivity index (χ1) is 12.5. The summed E-state index contributed by atoms with van der Waals surface area (Å²) in [5, 5.41) is 4.31. The van der Waals surface area contributed by atoms with Gasteiger partial charge in [0.25, 0.3) is 0 Å². The largest absolute Gasteiger partial charge is 0.493 e. The number of imidazole rings is 1. The molecule has 0 saturated carbocycles. The maximum absolute atomic E-state index is 5.87. The van der Waals surface area contributed by atoms with Gasteiger partial charge in [-0.15, -0.1) is 0 Å². The van der Waals surface area contributed by atoms with E-state index < -0.39 is 0 Å². The Kier molecular flexibility index (Phi) is 5.58. The van der Waals surface area contributed by atoms with E-state index in [2.05, 4.69) is 26.0 Å². The summed E-state index contributed by atoms with van der Waals surface area (Å²) in [4.78, 5) is 4.11. The van der Waals surface area contributed by atoms with E-state index in [0.717, 1.165) is 21.3 Å². The first-order valence-corrected chi connectivity index (χ1v) is 8.75. The van der Waals surface area contributed by atoms with Gasteiger partial charge in [-0.05, 0) is 48.4 Å². The molecule has 134 valence electrons. The number of aryl methyl sites for hydroxylation is 1. The SMILES string of the molecule is COc1cc(C=Nn2cc(C)nc2N)ccc1OCc1ccc(Br)cc1. The van der Waals surface area contributed by atoms with Crippen LogP contribution in [0.3, 0.4) is 0 Å². The van der Waals surface area contributed by atoms with Crippen molar-refractivity contribution >= 4 is 28.1 Å². The van der Waals surface area contributed by atoms with Gasteiger partial charge in [-0.1, -0.05) is 28.1 Å². The zero-order chi connectivity index (χ0) is 18.5. The number of rotatable bonds is 6. The van der Waals surface area contributed by atoms with Crippen molar-refractivity contribution < 1.29 is 9.47 Å². The Balaban J connectivity index is 1.72. The van der Waals surface area contributed by atoms with E-state index in [0.29, 0.717) is 24.1 Å². The number of hydrogen-bond acceptors (Lipinski definition) is 5. The number of nitrogens with two attached hydrogens (primary N) is 1. The number of nitrogens with zero attached hydrogens (tertiary/aromatic N) is 3. The van der Waals surface area contributed by atoms with Crippen LogP contribution in [0.4, 0.5) is 5.95 Å². The number of halogens is 1. The summed E-state index contributed by atoms with van der Waals surface area (Å²) >= 11 is 3.42. The quantitative estimate of drug-likeness (QED) is 0.618. The summed E-state index contributed by atoms with van der Waals surface area (Å²) in [7, 11) is 1.61. The molecule has 0 atom stereocenters. The number of nitrogen functional groups attached to an aromatic ring is 1. The molecular weight excluding hydrogens is 396 g/mol. The zero-order valence-electron chi connectivity index (χ0n) is 14.5. The predicted molar refractivity (Wildman–Crippen MR) is 106 cm³/mol. The third-order valence-electron chi connectivity index (χ3n) is 3.66. The minimum absolute atomic E-state index is 0.347.